The van der Waals surface area contributed by atoms with E-state index in [-0.39, 0.29) is 11.5 Å². The second kappa shape index (κ2) is 12.1. The predicted molar refractivity (Wildman–Crippen MR) is 341 cm³/mol. The van der Waals surface area contributed by atoms with Gasteiger partial charge in [-0.2, -0.15) is 5.10 Å². The Hall–Kier alpha value is -4.10. The Morgan fingerprint density at radius 2 is 0.755 bits per heavy atom. The van der Waals surface area contributed by atoms with Crippen molar-refractivity contribution in [3.8, 4) is 5.69 Å². The third-order valence-corrected chi connectivity index (χ3v) is 47.4. The molecule has 94 heavy (non-hydrogen) atoms. The molecule has 4 aromatic rings. The van der Waals surface area contributed by atoms with Crippen LogP contribution in [0, 0.1) is 361 Å². The number of carbonyl (C=O) groups excluding carboxylic acids is 1. The molecule has 1 aliphatic heterocycles. The summed E-state index contributed by atoms with van der Waals surface area (Å²) >= 11 is 0. The molecule has 37 rings (SSSR count). The van der Waals surface area contributed by atoms with Crippen molar-refractivity contribution in [1.29, 1.82) is 0 Å². The molecule has 7 heteroatoms. The van der Waals surface area contributed by atoms with Crippen molar-refractivity contribution in [1.82, 2.24) is 15.0 Å². The number of hydrazone groups is 1. The van der Waals surface area contributed by atoms with Crippen LogP contribution in [0.15, 0.2) is 82.7 Å². The summed E-state index contributed by atoms with van der Waals surface area (Å²) in [7, 11) is 5.95. The lowest BCUT2D eigenvalue weighted by Gasteiger charge is -2.71. The molecule has 1 N–H and O–H groups in total. The normalized spacial score (nSPS) is 76.7. The first-order valence-corrected chi connectivity index (χ1v) is 41.2. The number of fused-ring (bicyclic) bond motifs is 1. The van der Waals surface area contributed by atoms with Gasteiger partial charge in [-0.1, -0.05) is 36.4 Å². The smallest absolute Gasteiger partial charge is 0.271 e. The summed E-state index contributed by atoms with van der Waals surface area (Å²) in [6.07, 6.45) is 1.96. The largest absolute Gasteiger partial charge is 0.321 e. The molecule has 33 aliphatic rings. The van der Waals surface area contributed by atoms with Crippen LogP contribution in [0.4, 0.5) is 0 Å². The van der Waals surface area contributed by atoms with Crippen LogP contribution in [0.3, 0.4) is 0 Å². The summed E-state index contributed by atoms with van der Waals surface area (Å²) in [5.41, 5.74) is 8.74. The van der Waals surface area contributed by atoms with Crippen LogP contribution in [-0.2, 0) is 0 Å². The Bertz CT molecular complexity index is 4600. The van der Waals surface area contributed by atoms with Crippen molar-refractivity contribution >= 4 is 23.0 Å². The topological polar surface area (TPSA) is 76.3 Å². The van der Waals surface area contributed by atoms with Gasteiger partial charge in [0.25, 0.3) is 11.5 Å². The van der Waals surface area contributed by atoms with Gasteiger partial charge in [-0.25, -0.2) is 10.4 Å². The van der Waals surface area contributed by atoms with E-state index >= 15 is 0 Å². The van der Waals surface area contributed by atoms with E-state index in [4.69, 9.17) is 10.1 Å². The van der Waals surface area contributed by atoms with Gasteiger partial charge in [-0.05, 0) is 392 Å². The molecule has 57 atom stereocenters. The quantitative estimate of drug-likeness (QED) is 0.123. The lowest BCUT2D eigenvalue weighted by atomic mass is 9.30. The molecule has 32 aliphatic carbocycles. The van der Waals surface area contributed by atoms with E-state index in [2.05, 4.69) is 43.8 Å². The molecule has 3 aromatic carbocycles. The van der Waals surface area contributed by atoms with Crippen LogP contribution < -0.4 is 11.0 Å². The number of benzene rings is 3. The minimum atomic E-state index is -0.222. The average Bonchev–Trinajstić information content (AvgIpc) is 1.38. The first-order chi connectivity index (χ1) is 46.3. The molecule has 32 saturated carbocycles. The number of quaternary nitrogens is 1. The summed E-state index contributed by atoms with van der Waals surface area (Å²) in [5, 5.41) is 5.36. The number of aromatic nitrogens is 2. The Labute approximate surface area is 548 Å². The minimum Gasteiger partial charge on any atom is -0.321 e. The fraction of sp³-hybridized carbons (Fsp3) is 0.747. The molecule has 468 valence electrons. The van der Waals surface area contributed by atoms with E-state index in [1.165, 1.54) is 229 Å². The van der Waals surface area contributed by atoms with Crippen molar-refractivity contribution < 1.29 is 9.28 Å². The number of nitrogens with one attached hydrogen (secondary N) is 1. The molecule has 1 saturated heterocycles. The predicted octanol–water partition coefficient (Wildman–Crippen LogP) is 10.7. The van der Waals surface area contributed by atoms with E-state index in [0.29, 0.717) is 44.8 Å². The SMILES string of the molecule is Cc1nc2ccccc2c(=O)n1-c1ccc(C(=O)N/N=C/c2ccc(C3C45C6C7C8C9C%10C%11C%12C%13C%14C%15C%16C%12C%10C%10C%12C%16C%16C%15C%15C%17C%14C%14C%13C%13C%11C%11C%18C%13C%13C%14C%14C%17C%17C%15C%15C%16C%16C%12C(C%108)C6C6C%16C%15C8C%17C%10C%14C%13C%12C%18C(C7C%119)C4(C[N+]3(C)C)C%12C%10C8C65)cc2)cc1. The van der Waals surface area contributed by atoms with Gasteiger partial charge in [-0.15, -0.1) is 0 Å². The van der Waals surface area contributed by atoms with Gasteiger partial charge < -0.3 is 4.48 Å². The van der Waals surface area contributed by atoms with Crippen molar-refractivity contribution in [3.63, 3.8) is 0 Å². The van der Waals surface area contributed by atoms with E-state index < -0.39 is 0 Å². The Kier molecular flexibility index (Phi) is 5.88. The number of carbonyl (C=O) groups is 1. The molecule has 1 amide bonds. The van der Waals surface area contributed by atoms with Crippen LogP contribution in [0.25, 0.3) is 16.6 Å². The summed E-state index contributed by atoms with van der Waals surface area (Å²) in [6, 6.07) is 26.1. The van der Waals surface area contributed by atoms with E-state index in [1.54, 1.807) is 16.7 Å². The number of hydrogen-bond donors (Lipinski definition) is 1. The summed E-state index contributed by atoms with van der Waals surface area (Å²) in [4.78, 5) is 32.4. The Morgan fingerprint density at radius 1 is 0.436 bits per heavy atom. The maximum atomic E-state index is 14.0. The van der Waals surface area contributed by atoms with Gasteiger partial charge in [0.2, 0.25) is 0 Å². The summed E-state index contributed by atoms with van der Waals surface area (Å²) in [5.74, 6) is 68.7. The molecule has 0 radical (unpaired) electrons. The average molecular weight is 1230 g/mol. The number of nitrogens with zero attached hydrogens (tertiary/aromatic N) is 4. The zero-order chi connectivity index (χ0) is 58.4. The lowest BCUT2D eigenvalue weighted by Crippen LogP contribution is -2.71. The standard InChI is InChI=1S/C87H83N5O2/c1-18-89-24-7-5-4-6-23(24)85(94)91(18)22-14-12-21(13-15-22)84(93)90-88-16-19-8-10-20(11-9-19)83-87-81-75-69-59-47-39-31-27-25-26-29-33(31)41(47)51-45-37(29)38-30(26)34-32-28(25)36-35(27)43-49(39)57-63-53(43)54-44(36)50-40(32)48-42(34)52-46(38)56-55(45)67(61(51)69)77(81)78-68(56)62(52)70-60(48)66-58(50)64(54)72-71(63)79(73(75)65(57)59)86(87,17-92(83,2)3)80(72)74(66)76(70)82(78)87/h4-16,25-83H,17H2,1-3H3/p+1/b88-16+. The number of likely N-dealkylation sites (tertiary alicyclic amines) is 1. The highest BCUT2D eigenvalue weighted by Crippen LogP contribution is 3.09. The van der Waals surface area contributed by atoms with Crippen molar-refractivity contribution in [2.24, 2.45) is 359 Å². The van der Waals surface area contributed by atoms with Crippen molar-refractivity contribution in [3.05, 3.63) is 106 Å². The molecule has 33 fully saturated rings. The minimum absolute atomic E-state index is 0.0898. The number of rotatable bonds is 5. The third-order valence-electron chi connectivity index (χ3n) is 47.4. The maximum Gasteiger partial charge on any atom is 0.271 e. The fourth-order valence-corrected chi connectivity index (χ4v) is 52.9. The first kappa shape index (κ1) is 45.5. The van der Waals surface area contributed by atoms with Gasteiger partial charge in [0.1, 0.15) is 11.9 Å². The molecule has 7 nitrogen and oxygen atoms in total. The van der Waals surface area contributed by atoms with E-state index in [9.17, 15) is 9.59 Å². The lowest BCUT2D eigenvalue weighted by molar-refractivity contribution is -0.915. The molecule has 2 spiro atoms. The highest BCUT2D eigenvalue weighted by atomic mass is 16.2. The molecule has 57 unspecified atom stereocenters. The van der Waals surface area contributed by atoms with E-state index in [1.807, 2.05) is 61.7 Å². The third kappa shape index (κ3) is 3.25. The van der Waals surface area contributed by atoms with Gasteiger partial charge in [0.15, 0.2) is 0 Å². The highest BCUT2D eigenvalue weighted by molar-refractivity contribution is 5.95. The monoisotopic (exact) mass is 1230 g/mol. The van der Waals surface area contributed by atoms with Crippen LogP contribution >= 0.6 is 0 Å². The van der Waals surface area contributed by atoms with Crippen molar-refractivity contribution in [2.45, 2.75) is 13.0 Å². The Morgan fingerprint density at radius 3 is 1.11 bits per heavy atom. The molecular weight excluding hydrogens is 1150 g/mol. The van der Waals surface area contributed by atoms with Crippen molar-refractivity contribution in [2.75, 3.05) is 20.6 Å². The van der Waals surface area contributed by atoms with Crippen LogP contribution in [-0.4, -0.2) is 46.8 Å². The zero-order valence-corrected chi connectivity index (χ0v) is 53.9. The summed E-state index contributed by atoms with van der Waals surface area (Å²) < 4.78 is 2.96. The zero-order valence-electron chi connectivity index (χ0n) is 53.9. The Balaban J connectivity index is 0.603. The fourth-order valence-electron chi connectivity index (χ4n) is 52.9. The molecule has 2 heterocycles. The van der Waals surface area contributed by atoms with Gasteiger partial charge in [-0.3, -0.25) is 14.2 Å². The van der Waals surface area contributed by atoms with Gasteiger partial charge in [0.05, 0.1) is 43.4 Å². The van der Waals surface area contributed by atoms with Crippen LogP contribution in [0.1, 0.15) is 33.4 Å². The van der Waals surface area contributed by atoms with E-state index in [0.717, 1.165) is 124 Å². The number of hydrogen-bond acceptors (Lipinski definition) is 4. The maximum absolute atomic E-state index is 14.0. The van der Waals surface area contributed by atoms with Gasteiger partial charge >= 0.3 is 0 Å². The second-order valence-electron chi connectivity index (χ2n) is 44.3. The first-order valence-electron chi connectivity index (χ1n) is 41.2. The van der Waals surface area contributed by atoms with Crippen LogP contribution in [0.2, 0.25) is 0 Å². The number of amides is 1. The molecule has 0 bridgehead atoms. The summed E-state index contributed by atoms with van der Waals surface area (Å²) in [6.45, 7) is 3.46. The van der Waals surface area contributed by atoms with Gasteiger partial charge in [0, 0.05) is 22.0 Å². The molecular formula is C87H84N5O2+. The molecule has 1 aromatic heterocycles. The number of para-hydroxylation sites is 1. The second-order valence-corrected chi connectivity index (χ2v) is 44.3. The highest BCUT2D eigenvalue weighted by Gasteiger charge is 3.07. The van der Waals surface area contributed by atoms with Crippen LogP contribution in [0.5, 0.6) is 0 Å². The number of aryl methyl sites for hydroxylation is 1.